The van der Waals surface area contributed by atoms with Gasteiger partial charge in [0.1, 0.15) is 5.82 Å². The van der Waals surface area contributed by atoms with E-state index in [2.05, 4.69) is 17.2 Å². The van der Waals surface area contributed by atoms with Crippen molar-refractivity contribution in [3.05, 3.63) is 71.0 Å². The first-order valence-corrected chi connectivity index (χ1v) is 6.57. The van der Waals surface area contributed by atoms with Gasteiger partial charge in [-0.3, -0.25) is 4.79 Å². The number of hydrogen-bond acceptors (Lipinski definition) is 1. The zero-order valence-corrected chi connectivity index (χ0v) is 11.7. The first-order valence-electron chi connectivity index (χ1n) is 6.57. The summed E-state index contributed by atoms with van der Waals surface area (Å²) in [5.74, 6) is 4.12. The summed E-state index contributed by atoms with van der Waals surface area (Å²) < 4.78 is 50.5. The molecule has 0 heterocycles. The molecule has 0 aliphatic heterocycles. The number of hydrogen-bond donors (Lipinski definition) is 1. The van der Waals surface area contributed by atoms with E-state index < -0.39 is 23.5 Å². The Hall–Kier alpha value is -2.81. The zero-order chi connectivity index (χ0) is 16.9. The maximum atomic E-state index is 13.3. The third-order valence-electron chi connectivity index (χ3n) is 2.91. The zero-order valence-electron chi connectivity index (χ0n) is 11.7. The molecule has 0 bridgehead atoms. The summed E-state index contributed by atoms with van der Waals surface area (Å²) in [6.07, 6.45) is -4.44. The minimum atomic E-state index is -4.44. The normalized spacial score (nSPS) is 10.6. The van der Waals surface area contributed by atoms with Gasteiger partial charge in [-0.1, -0.05) is 24.0 Å². The van der Waals surface area contributed by atoms with Crippen molar-refractivity contribution in [3.63, 3.8) is 0 Å². The molecule has 0 atom stereocenters. The van der Waals surface area contributed by atoms with Gasteiger partial charge in [-0.05, 0) is 36.4 Å². The summed E-state index contributed by atoms with van der Waals surface area (Å²) in [5, 5.41) is 2.43. The third kappa shape index (κ3) is 4.58. The predicted octanol–water partition coefficient (Wildman–Crippen LogP) is 3.63. The Bertz CT molecular complexity index is 755. The molecule has 2 aromatic carbocycles. The fraction of sp³-hybridized carbons (Fsp3) is 0.118. The van der Waals surface area contributed by atoms with Crippen LogP contribution in [-0.4, -0.2) is 12.5 Å². The fourth-order valence-electron chi connectivity index (χ4n) is 1.74. The average Bonchev–Trinajstić information content (AvgIpc) is 2.52. The van der Waals surface area contributed by atoms with Crippen molar-refractivity contribution < 1.29 is 22.4 Å². The first kappa shape index (κ1) is 16.6. The number of carbonyl (C=O) groups is 1. The van der Waals surface area contributed by atoms with Crippen LogP contribution in [0.5, 0.6) is 0 Å². The molecule has 0 saturated carbocycles. The lowest BCUT2D eigenvalue weighted by Crippen LogP contribution is -2.23. The smallest absolute Gasteiger partial charge is 0.341 e. The van der Waals surface area contributed by atoms with Crippen molar-refractivity contribution in [1.29, 1.82) is 0 Å². The molecule has 0 aliphatic rings. The number of nitrogens with one attached hydrogen (secondary N) is 1. The lowest BCUT2D eigenvalue weighted by Gasteiger charge is -2.07. The molecular formula is C17H11F4NO. The third-order valence-corrected chi connectivity index (χ3v) is 2.91. The maximum Gasteiger partial charge on any atom is 0.416 e. The van der Waals surface area contributed by atoms with Crippen LogP contribution in [0.2, 0.25) is 0 Å². The van der Waals surface area contributed by atoms with Crippen molar-refractivity contribution in [1.82, 2.24) is 5.32 Å². The van der Waals surface area contributed by atoms with Crippen LogP contribution in [0.3, 0.4) is 0 Å². The van der Waals surface area contributed by atoms with E-state index in [1.807, 2.05) is 0 Å². The number of amides is 1. The van der Waals surface area contributed by atoms with E-state index in [1.54, 1.807) is 6.07 Å². The molecule has 2 aromatic rings. The van der Waals surface area contributed by atoms with Crippen molar-refractivity contribution >= 4 is 5.91 Å². The number of halogens is 4. The molecule has 0 aliphatic carbocycles. The van der Waals surface area contributed by atoms with E-state index in [0.717, 1.165) is 24.3 Å². The summed E-state index contributed by atoms with van der Waals surface area (Å²) in [5.41, 5.74) is -0.532. The van der Waals surface area contributed by atoms with Crippen LogP contribution >= 0.6 is 0 Å². The van der Waals surface area contributed by atoms with Crippen molar-refractivity contribution in [3.8, 4) is 11.8 Å². The Morgan fingerprint density at radius 2 is 1.70 bits per heavy atom. The predicted molar refractivity (Wildman–Crippen MR) is 77.1 cm³/mol. The minimum Gasteiger partial charge on any atom is -0.341 e. The van der Waals surface area contributed by atoms with Gasteiger partial charge >= 0.3 is 6.18 Å². The first-order chi connectivity index (χ1) is 10.9. The quantitative estimate of drug-likeness (QED) is 0.664. The molecule has 0 spiro atoms. The summed E-state index contributed by atoms with van der Waals surface area (Å²) in [6, 6.07) is 9.77. The molecule has 0 radical (unpaired) electrons. The Balaban J connectivity index is 1.95. The topological polar surface area (TPSA) is 29.1 Å². The van der Waals surface area contributed by atoms with Crippen LogP contribution in [0.1, 0.15) is 21.5 Å². The van der Waals surface area contributed by atoms with Crippen LogP contribution in [-0.2, 0) is 6.18 Å². The lowest BCUT2D eigenvalue weighted by molar-refractivity contribution is -0.137. The molecule has 0 saturated heterocycles. The Kier molecular flexibility index (Phi) is 5.02. The van der Waals surface area contributed by atoms with E-state index >= 15 is 0 Å². The highest BCUT2D eigenvalue weighted by Gasteiger charge is 2.30. The molecule has 1 N–H and O–H groups in total. The second kappa shape index (κ2) is 6.97. The second-order valence-corrected chi connectivity index (χ2v) is 4.54. The summed E-state index contributed by atoms with van der Waals surface area (Å²) >= 11 is 0. The van der Waals surface area contributed by atoms with Gasteiger partial charge in [0.15, 0.2) is 0 Å². The van der Waals surface area contributed by atoms with Crippen molar-refractivity contribution in [2.45, 2.75) is 6.18 Å². The van der Waals surface area contributed by atoms with E-state index in [0.29, 0.717) is 0 Å². The van der Waals surface area contributed by atoms with E-state index in [9.17, 15) is 22.4 Å². The highest BCUT2D eigenvalue weighted by Crippen LogP contribution is 2.28. The van der Waals surface area contributed by atoms with Gasteiger partial charge in [0.2, 0.25) is 0 Å². The molecule has 0 unspecified atom stereocenters. The Labute approximate surface area is 130 Å². The number of carbonyl (C=O) groups excluding carboxylic acids is 1. The van der Waals surface area contributed by atoms with Gasteiger partial charge in [-0.25, -0.2) is 4.39 Å². The van der Waals surface area contributed by atoms with E-state index in [1.165, 1.54) is 18.2 Å². The van der Waals surface area contributed by atoms with Crippen LogP contribution < -0.4 is 5.32 Å². The number of rotatable bonds is 2. The van der Waals surface area contributed by atoms with Crippen LogP contribution in [0.25, 0.3) is 0 Å². The molecule has 23 heavy (non-hydrogen) atoms. The highest BCUT2D eigenvalue weighted by atomic mass is 19.4. The molecule has 0 aromatic heterocycles. The lowest BCUT2D eigenvalue weighted by atomic mass is 10.1. The molecule has 1 amide bonds. The van der Waals surface area contributed by atoms with Gasteiger partial charge in [0, 0.05) is 5.56 Å². The monoisotopic (exact) mass is 321 g/mol. The molecule has 6 heteroatoms. The van der Waals surface area contributed by atoms with Crippen molar-refractivity contribution in [2.75, 3.05) is 6.54 Å². The molecule has 2 nitrogen and oxygen atoms in total. The maximum absolute atomic E-state index is 13.3. The Morgan fingerprint density at radius 1 is 1.04 bits per heavy atom. The van der Waals surface area contributed by atoms with Gasteiger partial charge < -0.3 is 5.32 Å². The van der Waals surface area contributed by atoms with Crippen LogP contribution in [0.4, 0.5) is 17.6 Å². The van der Waals surface area contributed by atoms with Gasteiger partial charge in [0.05, 0.1) is 17.7 Å². The van der Waals surface area contributed by atoms with Gasteiger partial charge in [-0.2, -0.15) is 13.2 Å². The van der Waals surface area contributed by atoms with E-state index in [4.69, 9.17) is 0 Å². The number of alkyl halides is 3. The number of benzene rings is 2. The van der Waals surface area contributed by atoms with Crippen molar-refractivity contribution in [2.24, 2.45) is 0 Å². The molecule has 118 valence electrons. The SMILES string of the molecule is O=C(NCC#Cc1ccccc1F)c1ccc(C(F)(F)F)cc1. The Morgan fingerprint density at radius 3 is 2.30 bits per heavy atom. The second-order valence-electron chi connectivity index (χ2n) is 4.54. The largest absolute Gasteiger partial charge is 0.416 e. The van der Waals surface area contributed by atoms with Gasteiger partial charge in [-0.15, -0.1) is 0 Å². The molecule has 0 fully saturated rings. The molecule has 2 rings (SSSR count). The fourth-order valence-corrected chi connectivity index (χ4v) is 1.74. The summed E-state index contributed by atoms with van der Waals surface area (Å²) in [7, 11) is 0. The highest BCUT2D eigenvalue weighted by molar-refractivity contribution is 5.94. The average molecular weight is 321 g/mol. The van der Waals surface area contributed by atoms with Gasteiger partial charge in [0.25, 0.3) is 5.91 Å². The summed E-state index contributed by atoms with van der Waals surface area (Å²) in [6.45, 7) is -0.0474. The summed E-state index contributed by atoms with van der Waals surface area (Å²) in [4.78, 5) is 11.7. The minimum absolute atomic E-state index is 0.0474. The standard InChI is InChI=1S/C17H11F4NO/c18-15-6-2-1-4-12(15)5-3-11-22-16(23)13-7-9-14(10-8-13)17(19,20)21/h1-2,4,6-10H,11H2,(H,22,23). The molecular weight excluding hydrogens is 310 g/mol. The van der Waals surface area contributed by atoms with E-state index in [-0.39, 0.29) is 17.7 Å². The van der Waals surface area contributed by atoms with Crippen LogP contribution in [0, 0.1) is 17.7 Å². The van der Waals surface area contributed by atoms with Crippen LogP contribution in [0.15, 0.2) is 48.5 Å².